The third-order valence-electron chi connectivity index (χ3n) is 2.59. The van der Waals surface area contributed by atoms with Gasteiger partial charge in [0.1, 0.15) is 0 Å². The number of hydrogen-bond acceptors (Lipinski definition) is 1. The van der Waals surface area contributed by atoms with Gasteiger partial charge in [0.2, 0.25) is 0 Å². The van der Waals surface area contributed by atoms with Gasteiger partial charge in [-0.25, -0.2) is 0 Å². The van der Waals surface area contributed by atoms with E-state index in [-0.39, 0.29) is 0 Å². The van der Waals surface area contributed by atoms with Crippen LogP contribution in [0.3, 0.4) is 0 Å². The summed E-state index contributed by atoms with van der Waals surface area (Å²) >= 11 is 2.57. The van der Waals surface area contributed by atoms with Gasteiger partial charge in [-0.1, -0.05) is 34.2 Å². The maximum Gasteiger partial charge on any atom is 0.0187 e. The van der Waals surface area contributed by atoms with E-state index < -0.39 is 0 Å². The Morgan fingerprint density at radius 3 is 3.10 bits per heavy atom. The molecule has 0 aromatic rings. The SMILES string of the molecule is CNCC1=CC2CC(I)C12. The fourth-order valence-corrected chi connectivity index (χ4v) is 3.54. The molecular weight excluding hydrogens is 237 g/mol. The number of nitrogens with one attached hydrogen (secondary N) is 1. The zero-order chi connectivity index (χ0) is 7.14. The first kappa shape index (κ1) is 7.10. The highest BCUT2D eigenvalue weighted by Gasteiger charge is 2.45. The summed E-state index contributed by atoms with van der Waals surface area (Å²) in [6.45, 7) is 1.11. The fraction of sp³-hybridized carbons (Fsp3) is 0.750. The Morgan fingerprint density at radius 1 is 1.80 bits per heavy atom. The lowest BCUT2D eigenvalue weighted by molar-refractivity contribution is 0.245. The molecule has 2 rings (SSSR count). The summed E-state index contributed by atoms with van der Waals surface area (Å²) in [5, 5.41) is 3.20. The number of halogens is 1. The molecule has 2 aliphatic carbocycles. The van der Waals surface area contributed by atoms with Crippen LogP contribution in [0.4, 0.5) is 0 Å². The molecule has 1 fully saturated rings. The van der Waals surface area contributed by atoms with Gasteiger partial charge < -0.3 is 5.32 Å². The molecule has 1 nitrogen and oxygen atoms in total. The van der Waals surface area contributed by atoms with E-state index in [9.17, 15) is 0 Å². The number of likely N-dealkylation sites (N-methyl/N-ethyl adjacent to an activating group) is 1. The number of rotatable bonds is 2. The number of hydrogen-bond donors (Lipinski definition) is 1. The first-order valence-corrected chi connectivity index (χ1v) is 5.06. The third-order valence-corrected chi connectivity index (χ3v) is 3.87. The lowest BCUT2D eigenvalue weighted by Crippen LogP contribution is -2.46. The predicted molar refractivity (Wildman–Crippen MR) is 51.4 cm³/mol. The van der Waals surface area contributed by atoms with Crippen molar-refractivity contribution in [1.29, 1.82) is 0 Å². The van der Waals surface area contributed by atoms with Crippen molar-refractivity contribution >= 4 is 22.6 Å². The van der Waals surface area contributed by atoms with Crippen LogP contribution in [0.15, 0.2) is 11.6 Å². The predicted octanol–water partition coefficient (Wildman–Crippen LogP) is 1.59. The Balaban J connectivity index is 1.95. The fourth-order valence-electron chi connectivity index (χ4n) is 1.95. The molecule has 2 aliphatic rings. The zero-order valence-electron chi connectivity index (χ0n) is 6.10. The van der Waals surface area contributed by atoms with Crippen LogP contribution in [0.1, 0.15) is 6.42 Å². The summed E-state index contributed by atoms with van der Waals surface area (Å²) in [5.41, 5.74) is 1.65. The lowest BCUT2D eigenvalue weighted by atomic mass is 9.61. The van der Waals surface area contributed by atoms with Crippen molar-refractivity contribution < 1.29 is 0 Å². The molecule has 0 bridgehead atoms. The molecule has 0 radical (unpaired) electrons. The van der Waals surface area contributed by atoms with Gasteiger partial charge >= 0.3 is 0 Å². The summed E-state index contributed by atoms with van der Waals surface area (Å²) in [6, 6.07) is 0. The molecule has 0 aliphatic heterocycles. The van der Waals surface area contributed by atoms with Gasteiger partial charge in [-0.15, -0.1) is 0 Å². The normalized spacial score (nSPS) is 43.0. The Kier molecular flexibility index (Phi) is 1.76. The third kappa shape index (κ3) is 0.848. The highest BCUT2D eigenvalue weighted by atomic mass is 127. The van der Waals surface area contributed by atoms with E-state index in [1.54, 1.807) is 5.57 Å². The highest BCUT2D eigenvalue weighted by Crippen LogP contribution is 2.52. The standard InChI is InChI=1S/C8H12IN/c1-10-4-6-2-5-3-7(9)8(5)6/h2,5,7-8,10H,3-4H2,1H3. The molecule has 1 N–H and O–H groups in total. The van der Waals surface area contributed by atoms with Gasteiger partial charge in [0.15, 0.2) is 0 Å². The highest BCUT2D eigenvalue weighted by molar-refractivity contribution is 14.1. The smallest absolute Gasteiger partial charge is 0.0187 e. The van der Waals surface area contributed by atoms with E-state index in [2.05, 4.69) is 34.0 Å². The van der Waals surface area contributed by atoms with Crippen molar-refractivity contribution in [2.45, 2.75) is 10.3 Å². The van der Waals surface area contributed by atoms with Gasteiger partial charge in [0.05, 0.1) is 0 Å². The van der Waals surface area contributed by atoms with Crippen LogP contribution >= 0.6 is 22.6 Å². The lowest BCUT2D eigenvalue weighted by Gasteiger charge is -2.49. The van der Waals surface area contributed by atoms with Crippen LogP contribution in [0.25, 0.3) is 0 Å². The Bertz CT molecular complexity index is 176. The molecule has 0 aromatic carbocycles. The minimum Gasteiger partial charge on any atom is -0.316 e. The molecule has 2 heteroatoms. The zero-order valence-corrected chi connectivity index (χ0v) is 8.26. The Labute approximate surface area is 75.4 Å². The molecule has 0 heterocycles. The maximum absolute atomic E-state index is 3.20. The molecule has 0 aromatic heterocycles. The van der Waals surface area contributed by atoms with Crippen molar-refractivity contribution in [2.75, 3.05) is 13.6 Å². The van der Waals surface area contributed by atoms with Gasteiger partial charge in [-0.05, 0) is 25.3 Å². The largest absolute Gasteiger partial charge is 0.316 e. The van der Waals surface area contributed by atoms with Gasteiger partial charge in [0, 0.05) is 10.5 Å². The van der Waals surface area contributed by atoms with E-state index in [4.69, 9.17) is 0 Å². The summed E-state index contributed by atoms with van der Waals surface area (Å²) in [6.07, 6.45) is 3.87. The monoisotopic (exact) mass is 249 g/mol. The average Bonchev–Trinajstić information content (AvgIpc) is 1.84. The molecule has 1 saturated carbocycles. The second-order valence-electron chi connectivity index (χ2n) is 3.21. The van der Waals surface area contributed by atoms with Gasteiger partial charge in [0.25, 0.3) is 0 Å². The molecular formula is C8H12IN. The summed E-state index contributed by atoms with van der Waals surface area (Å²) < 4.78 is 0.941. The van der Waals surface area contributed by atoms with Crippen molar-refractivity contribution in [3.8, 4) is 0 Å². The molecule has 10 heavy (non-hydrogen) atoms. The minimum atomic E-state index is 0.941. The van der Waals surface area contributed by atoms with Crippen LogP contribution < -0.4 is 5.32 Å². The molecule has 0 spiro atoms. The quantitative estimate of drug-likeness (QED) is 0.445. The van der Waals surface area contributed by atoms with E-state index >= 15 is 0 Å². The van der Waals surface area contributed by atoms with Crippen LogP contribution in [0.2, 0.25) is 0 Å². The molecule has 56 valence electrons. The number of fused-ring (bicyclic) bond motifs is 1. The first-order valence-electron chi connectivity index (χ1n) is 3.82. The average molecular weight is 249 g/mol. The van der Waals surface area contributed by atoms with Crippen molar-refractivity contribution in [3.63, 3.8) is 0 Å². The van der Waals surface area contributed by atoms with Crippen LogP contribution in [0, 0.1) is 11.8 Å². The van der Waals surface area contributed by atoms with Crippen LogP contribution in [-0.2, 0) is 0 Å². The minimum absolute atomic E-state index is 0.941. The second-order valence-corrected chi connectivity index (χ2v) is 4.81. The maximum atomic E-state index is 3.20. The Hall–Kier alpha value is 0.430. The van der Waals surface area contributed by atoms with Gasteiger partial charge in [-0.2, -0.15) is 0 Å². The van der Waals surface area contributed by atoms with Gasteiger partial charge in [-0.3, -0.25) is 0 Å². The number of allylic oxidation sites excluding steroid dienone is 1. The first-order chi connectivity index (χ1) is 4.83. The van der Waals surface area contributed by atoms with Crippen molar-refractivity contribution in [2.24, 2.45) is 11.8 Å². The molecule has 0 saturated heterocycles. The second kappa shape index (κ2) is 2.48. The van der Waals surface area contributed by atoms with Crippen LogP contribution in [0.5, 0.6) is 0 Å². The molecule has 3 unspecified atom stereocenters. The van der Waals surface area contributed by atoms with Crippen molar-refractivity contribution in [1.82, 2.24) is 5.32 Å². The van der Waals surface area contributed by atoms with Crippen molar-refractivity contribution in [3.05, 3.63) is 11.6 Å². The summed E-state index contributed by atoms with van der Waals surface area (Å²) in [4.78, 5) is 0. The van der Waals surface area contributed by atoms with E-state index in [0.717, 1.165) is 22.3 Å². The van der Waals surface area contributed by atoms with E-state index in [1.165, 1.54) is 6.42 Å². The topological polar surface area (TPSA) is 12.0 Å². The molecule has 3 atom stereocenters. The number of alkyl halides is 1. The summed E-state index contributed by atoms with van der Waals surface area (Å²) in [7, 11) is 2.02. The van der Waals surface area contributed by atoms with E-state index in [0.29, 0.717) is 0 Å². The summed E-state index contributed by atoms with van der Waals surface area (Å²) in [5.74, 6) is 1.92. The molecule has 0 amide bonds. The van der Waals surface area contributed by atoms with Crippen LogP contribution in [-0.4, -0.2) is 17.5 Å². The Morgan fingerprint density at radius 2 is 2.60 bits per heavy atom. The van der Waals surface area contributed by atoms with E-state index in [1.807, 2.05) is 7.05 Å².